The third-order valence-corrected chi connectivity index (χ3v) is 6.66. The molecular formula is C37H58O6. The fourth-order valence-electron chi connectivity index (χ4n) is 4.23. The van der Waals surface area contributed by atoms with Crippen LogP contribution in [0.5, 0.6) is 0 Å². The Labute approximate surface area is 262 Å². The van der Waals surface area contributed by atoms with Crippen LogP contribution < -0.4 is 0 Å². The van der Waals surface area contributed by atoms with Crippen LogP contribution in [-0.4, -0.2) is 37.2 Å². The zero-order valence-electron chi connectivity index (χ0n) is 27.9. The first-order chi connectivity index (χ1) is 20.6. The summed E-state index contributed by atoms with van der Waals surface area (Å²) in [5.74, 6) is 4.85. The quantitative estimate of drug-likeness (QED) is 0.0383. The Morgan fingerprint density at radius 1 is 0.721 bits per heavy atom. The summed E-state index contributed by atoms with van der Waals surface area (Å²) >= 11 is 0. The molecule has 0 aromatic rings. The second kappa shape index (κ2) is 27.7. The van der Waals surface area contributed by atoms with Crippen LogP contribution in [0.25, 0.3) is 0 Å². The van der Waals surface area contributed by atoms with Crippen LogP contribution >= 0.6 is 0 Å². The van der Waals surface area contributed by atoms with Crippen molar-refractivity contribution in [3.05, 3.63) is 47.1 Å². The average Bonchev–Trinajstić information content (AvgIpc) is 2.94. The van der Waals surface area contributed by atoms with Crippen LogP contribution in [-0.2, 0) is 28.6 Å². The van der Waals surface area contributed by atoms with E-state index >= 15 is 0 Å². The van der Waals surface area contributed by atoms with Gasteiger partial charge in [0.2, 0.25) is 0 Å². The first-order valence-electron chi connectivity index (χ1n) is 16.3. The van der Waals surface area contributed by atoms with E-state index in [1.54, 1.807) is 6.08 Å². The predicted molar refractivity (Wildman–Crippen MR) is 176 cm³/mol. The number of rotatable bonds is 23. The van der Waals surface area contributed by atoms with E-state index in [-0.39, 0.29) is 19.2 Å². The third-order valence-electron chi connectivity index (χ3n) is 6.66. The zero-order chi connectivity index (χ0) is 32.1. The highest BCUT2D eigenvalue weighted by molar-refractivity contribution is 5.69. The van der Waals surface area contributed by atoms with Crippen molar-refractivity contribution >= 4 is 17.9 Å². The molecule has 0 rings (SSSR count). The van der Waals surface area contributed by atoms with Crippen LogP contribution in [0.1, 0.15) is 138 Å². The monoisotopic (exact) mass is 598 g/mol. The summed E-state index contributed by atoms with van der Waals surface area (Å²) in [7, 11) is 0. The number of allylic oxidation sites excluding steroid dienone is 5. The minimum absolute atomic E-state index is 0.0152. The zero-order valence-corrected chi connectivity index (χ0v) is 27.9. The normalized spacial score (nSPS) is 12.3. The van der Waals surface area contributed by atoms with E-state index in [1.807, 2.05) is 32.9 Å². The Morgan fingerprint density at radius 3 is 1.91 bits per heavy atom. The van der Waals surface area contributed by atoms with Crippen LogP contribution in [0.2, 0.25) is 0 Å². The lowest BCUT2D eigenvalue weighted by molar-refractivity contribution is -0.146. The lowest BCUT2D eigenvalue weighted by Crippen LogP contribution is -2.23. The maximum Gasteiger partial charge on any atom is 0.306 e. The number of hydrogen-bond donors (Lipinski definition) is 0. The summed E-state index contributed by atoms with van der Waals surface area (Å²) in [6.07, 6.45) is 25.7. The second-order valence-corrected chi connectivity index (χ2v) is 11.3. The number of unbranched alkanes of at least 4 members (excludes halogenated alkanes) is 11. The molecule has 242 valence electrons. The van der Waals surface area contributed by atoms with Gasteiger partial charge in [-0.3, -0.25) is 14.4 Å². The van der Waals surface area contributed by atoms with E-state index in [1.165, 1.54) is 71.6 Å². The highest BCUT2D eigenvalue weighted by Gasteiger charge is 2.18. The molecule has 1 atom stereocenters. The Balaban J connectivity index is 4.55. The molecule has 0 aliphatic rings. The van der Waals surface area contributed by atoms with Crippen molar-refractivity contribution in [2.24, 2.45) is 0 Å². The Hall–Kier alpha value is -3.07. The molecule has 43 heavy (non-hydrogen) atoms. The van der Waals surface area contributed by atoms with Crippen molar-refractivity contribution in [2.75, 3.05) is 13.2 Å². The molecule has 6 nitrogen and oxygen atoms in total. The number of hydrogen-bond acceptors (Lipinski definition) is 6. The molecule has 0 aromatic heterocycles. The van der Waals surface area contributed by atoms with Gasteiger partial charge in [-0.2, -0.15) is 0 Å². The number of carbonyl (C=O) groups excluding carboxylic acids is 3. The van der Waals surface area contributed by atoms with Crippen molar-refractivity contribution in [3.63, 3.8) is 0 Å². The molecule has 0 bridgehead atoms. The van der Waals surface area contributed by atoms with E-state index in [9.17, 15) is 14.4 Å². The number of ether oxygens (including phenoxy) is 3. The van der Waals surface area contributed by atoms with E-state index < -0.39 is 18.0 Å². The molecule has 0 radical (unpaired) electrons. The molecule has 0 saturated heterocycles. The molecule has 0 spiro atoms. The molecule has 0 saturated carbocycles. The largest absolute Gasteiger partial charge is 0.461 e. The molecule has 0 aromatic carbocycles. The Bertz CT molecular complexity index is 969. The lowest BCUT2D eigenvalue weighted by atomic mass is 10.1. The van der Waals surface area contributed by atoms with Gasteiger partial charge in [0.25, 0.3) is 0 Å². The van der Waals surface area contributed by atoms with Crippen LogP contribution in [0.15, 0.2) is 47.1 Å². The number of esters is 3. The van der Waals surface area contributed by atoms with E-state index in [0.717, 1.165) is 36.8 Å². The SMILES string of the molecule is CCCCCCCCC=CCCCCCCCC(=O)OCC=C(COC(C)=O)C(CC=C(C)C#CC=C(C)C)OC(C)=O. The van der Waals surface area contributed by atoms with Crippen LogP contribution in [0, 0.1) is 11.8 Å². The predicted octanol–water partition coefficient (Wildman–Crippen LogP) is 9.29. The topological polar surface area (TPSA) is 78.9 Å². The van der Waals surface area contributed by atoms with E-state index in [4.69, 9.17) is 14.2 Å². The number of carbonyl (C=O) groups is 3. The fourth-order valence-corrected chi connectivity index (χ4v) is 4.23. The third kappa shape index (κ3) is 27.5. The average molecular weight is 599 g/mol. The van der Waals surface area contributed by atoms with Crippen molar-refractivity contribution in [3.8, 4) is 11.8 Å². The highest BCUT2D eigenvalue weighted by Crippen LogP contribution is 2.16. The van der Waals surface area contributed by atoms with Gasteiger partial charge in [0.15, 0.2) is 0 Å². The van der Waals surface area contributed by atoms with E-state index in [0.29, 0.717) is 18.4 Å². The summed E-state index contributed by atoms with van der Waals surface area (Å²) in [5, 5.41) is 0. The maximum absolute atomic E-state index is 12.3. The van der Waals surface area contributed by atoms with Crippen molar-refractivity contribution < 1.29 is 28.6 Å². The van der Waals surface area contributed by atoms with Crippen molar-refractivity contribution in [1.82, 2.24) is 0 Å². The molecule has 0 aliphatic heterocycles. The standard InChI is InChI=1S/C37H58O6/c1-7-8-9-10-11-12-13-14-15-16-17-18-19-20-21-25-37(40)41-29-28-35(30-42-33(5)38)36(43-34(6)39)27-26-32(4)24-22-23-31(2)3/h14-15,23,26,28,36H,7-13,16-21,25,27,29-30H2,1-6H3. The van der Waals surface area contributed by atoms with Gasteiger partial charge in [-0.1, -0.05) is 93.9 Å². The summed E-state index contributed by atoms with van der Waals surface area (Å²) in [4.78, 5) is 35.5. The van der Waals surface area contributed by atoms with E-state index in [2.05, 4.69) is 30.9 Å². The van der Waals surface area contributed by atoms with Crippen LogP contribution in [0.4, 0.5) is 0 Å². The smallest absolute Gasteiger partial charge is 0.306 e. The first-order valence-corrected chi connectivity index (χ1v) is 16.3. The molecule has 0 aliphatic carbocycles. The van der Waals surface area contributed by atoms with Gasteiger partial charge in [-0.25, -0.2) is 0 Å². The molecule has 0 heterocycles. The van der Waals surface area contributed by atoms with Crippen LogP contribution in [0.3, 0.4) is 0 Å². The minimum atomic E-state index is -0.666. The molecule has 0 N–H and O–H groups in total. The van der Waals surface area contributed by atoms with Gasteiger partial charge >= 0.3 is 17.9 Å². The fraction of sp³-hybridized carbons (Fsp3) is 0.649. The van der Waals surface area contributed by atoms with Crippen molar-refractivity contribution in [2.45, 2.75) is 144 Å². The minimum Gasteiger partial charge on any atom is -0.461 e. The molecule has 0 fully saturated rings. The Kier molecular flexibility index (Phi) is 25.8. The second-order valence-electron chi connectivity index (χ2n) is 11.3. The van der Waals surface area contributed by atoms with Gasteiger partial charge in [-0.15, -0.1) is 0 Å². The van der Waals surface area contributed by atoms with Gasteiger partial charge in [0.05, 0.1) is 0 Å². The first kappa shape index (κ1) is 39.9. The Morgan fingerprint density at radius 2 is 1.33 bits per heavy atom. The molecule has 0 amide bonds. The highest BCUT2D eigenvalue weighted by atomic mass is 16.6. The van der Waals surface area contributed by atoms with Gasteiger partial charge < -0.3 is 14.2 Å². The van der Waals surface area contributed by atoms with Gasteiger partial charge in [-0.05, 0) is 70.6 Å². The molecule has 1 unspecified atom stereocenters. The summed E-state index contributed by atoms with van der Waals surface area (Å²) < 4.78 is 16.1. The molecular weight excluding hydrogens is 540 g/mol. The summed E-state index contributed by atoms with van der Waals surface area (Å²) in [5.41, 5.74) is 2.49. The molecule has 6 heteroatoms. The summed E-state index contributed by atoms with van der Waals surface area (Å²) in [6.45, 7) is 10.7. The van der Waals surface area contributed by atoms with Crippen molar-refractivity contribution in [1.29, 1.82) is 0 Å². The maximum atomic E-state index is 12.3. The lowest BCUT2D eigenvalue weighted by Gasteiger charge is -2.19. The van der Waals surface area contributed by atoms with Gasteiger partial charge in [0.1, 0.15) is 19.3 Å². The van der Waals surface area contributed by atoms with Gasteiger partial charge in [0, 0.05) is 32.3 Å². The summed E-state index contributed by atoms with van der Waals surface area (Å²) in [6, 6.07) is 0.